The molecule has 0 saturated carbocycles. The van der Waals surface area contributed by atoms with Gasteiger partial charge in [0.2, 0.25) is 11.5 Å². The zero-order chi connectivity index (χ0) is 19.9. The SMILES string of the molecule is CCc1nc(N)nc2c1ccn2-c1ccnc(C#CC2(O)CCN(C)C2=O)c1. The van der Waals surface area contributed by atoms with Crippen molar-refractivity contribution >= 4 is 22.9 Å². The number of fused-ring (bicyclic) bond motifs is 1. The molecule has 0 aliphatic carbocycles. The molecular formula is C20H20N6O2. The van der Waals surface area contributed by atoms with Gasteiger partial charge in [0.15, 0.2) is 0 Å². The molecule has 8 nitrogen and oxygen atoms in total. The number of aromatic nitrogens is 4. The first-order chi connectivity index (χ1) is 13.4. The van der Waals surface area contributed by atoms with Crippen molar-refractivity contribution < 1.29 is 9.90 Å². The number of aryl methyl sites for hydroxylation is 1. The second-order valence-corrected chi connectivity index (χ2v) is 6.79. The van der Waals surface area contributed by atoms with Crippen molar-refractivity contribution in [3.8, 4) is 17.5 Å². The van der Waals surface area contributed by atoms with Gasteiger partial charge < -0.3 is 20.3 Å². The van der Waals surface area contributed by atoms with E-state index in [0.717, 1.165) is 23.2 Å². The number of likely N-dealkylation sites (N-methyl/N-ethyl adjacent to an activating group) is 1. The Balaban J connectivity index is 1.73. The van der Waals surface area contributed by atoms with Crippen LogP contribution in [0.4, 0.5) is 5.95 Å². The summed E-state index contributed by atoms with van der Waals surface area (Å²) in [5.74, 6) is 5.37. The fourth-order valence-corrected chi connectivity index (χ4v) is 3.35. The Kier molecular flexibility index (Phi) is 4.24. The molecule has 1 saturated heterocycles. The number of nitrogens with two attached hydrogens (primary N) is 1. The van der Waals surface area contributed by atoms with Crippen molar-refractivity contribution in [1.29, 1.82) is 0 Å². The van der Waals surface area contributed by atoms with Gasteiger partial charge in [-0.3, -0.25) is 4.79 Å². The number of carbonyl (C=O) groups is 1. The maximum absolute atomic E-state index is 12.1. The predicted molar refractivity (Wildman–Crippen MR) is 105 cm³/mol. The monoisotopic (exact) mass is 376 g/mol. The minimum absolute atomic E-state index is 0.226. The average molecular weight is 376 g/mol. The molecular weight excluding hydrogens is 356 g/mol. The van der Waals surface area contributed by atoms with E-state index < -0.39 is 5.60 Å². The quantitative estimate of drug-likeness (QED) is 0.643. The first-order valence-electron chi connectivity index (χ1n) is 9.02. The van der Waals surface area contributed by atoms with Crippen molar-refractivity contribution in [2.24, 2.45) is 0 Å². The Labute approximate surface area is 162 Å². The smallest absolute Gasteiger partial charge is 0.267 e. The Morgan fingerprint density at radius 2 is 2.18 bits per heavy atom. The van der Waals surface area contributed by atoms with E-state index in [1.807, 2.05) is 29.8 Å². The van der Waals surface area contributed by atoms with Crippen LogP contribution in [-0.2, 0) is 11.2 Å². The molecule has 142 valence electrons. The molecule has 4 rings (SSSR count). The summed E-state index contributed by atoms with van der Waals surface area (Å²) < 4.78 is 1.89. The zero-order valence-electron chi connectivity index (χ0n) is 15.7. The number of nitrogen functional groups attached to an aromatic ring is 1. The van der Waals surface area contributed by atoms with Crippen molar-refractivity contribution in [3.05, 3.63) is 42.0 Å². The predicted octanol–water partition coefficient (Wildman–Crippen LogP) is 0.905. The molecule has 0 spiro atoms. The molecule has 0 radical (unpaired) electrons. The molecule has 1 aliphatic rings. The molecule has 1 fully saturated rings. The van der Waals surface area contributed by atoms with Gasteiger partial charge in [0, 0.05) is 37.8 Å². The molecule has 1 unspecified atom stereocenters. The van der Waals surface area contributed by atoms with Crippen LogP contribution >= 0.6 is 0 Å². The van der Waals surface area contributed by atoms with Gasteiger partial charge >= 0.3 is 0 Å². The summed E-state index contributed by atoms with van der Waals surface area (Å²) in [6, 6.07) is 5.57. The number of nitrogens with zero attached hydrogens (tertiary/aromatic N) is 5. The Hall–Kier alpha value is -3.44. The number of hydrogen-bond acceptors (Lipinski definition) is 6. The number of carbonyl (C=O) groups excluding carboxylic acids is 1. The lowest BCUT2D eigenvalue weighted by molar-refractivity contribution is -0.137. The minimum Gasteiger partial charge on any atom is -0.369 e. The van der Waals surface area contributed by atoms with E-state index in [1.54, 1.807) is 19.3 Å². The van der Waals surface area contributed by atoms with Crippen molar-refractivity contribution in [2.45, 2.75) is 25.4 Å². The van der Waals surface area contributed by atoms with Crippen LogP contribution in [0.1, 0.15) is 24.7 Å². The first kappa shape index (κ1) is 17.9. The highest BCUT2D eigenvalue weighted by atomic mass is 16.3. The largest absolute Gasteiger partial charge is 0.369 e. The highest BCUT2D eigenvalue weighted by Gasteiger charge is 2.42. The third-order valence-corrected chi connectivity index (χ3v) is 4.90. The molecule has 8 heteroatoms. The van der Waals surface area contributed by atoms with E-state index >= 15 is 0 Å². The van der Waals surface area contributed by atoms with Gasteiger partial charge in [-0.1, -0.05) is 12.8 Å². The highest BCUT2D eigenvalue weighted by Crippen LogP contribution is 2.23. The molecule has 0 bridgehead atoms. The summed E-state index contributed by atoms with van der Waals surface area (Å²) >= 11 is 0. The summed E-state index contributed by atoms with van der Waals surface area (Å²) in [5, 5.41) is 11.4. The fraction of sp³-hybridized carbons (Fsp3) is 0.300. The van der Waals surface area contributed by atoms with Crippen molar-refractivity contribution in [2.75, 3.05) is 19.3 Å². The molecule has 1 aliphatic heterocycles. The number of hydrogen-bond donors (Lipinski definition) is 2. The number of rotatable bonds is 2. The van der Waals surface area contributed by atoms with Gasteiger partial charge in [-0.15, -0.1) is 0 Å². The average Bonchev–Trinajstić information content (AvgIpc) is 3.23. The molecule has 28 heavy (non-hydrogen) atoms. The van der Waals surface area contributed by atoms with Gasteiger partial charge in [-0.2, -0.15) is 4.98 Å². The Bertz CT molecular complexity index is 1140. The Morgan fingerprint density at radius 3 is 2.89 bits per heavy atom. The lowest BCUT2D eigenvalue weighted by Gasteiger charge is -2.13. The van der Waals surface area contributed by atoms with Gasteiger partial charge in [-0.05, 0) is 30.5 Å². The topological polar surface area (TPSA) is 110 Å². The van der Waals surface area contributed by atoms with Crippen molar-refractivity contribution in [1.82, 2.24) is 24.4 Å². The van der Waals surface area contributed by atoms with E-state index in [2.05, 4.69) is 26.8 Å². The maximum Gasteiger partial charge on any atom is 0.267 e. The zero-order valence-corrected chi connectivity index (χ0v) is 15.7. The van der Waals surface area contributed by atoms with Gasteiger partial charge in [0.05, 0.1) is 11.4 Å². The van der Waals surface area contributed by atoms with Crippen LogP contribution < -0.4 is 5.73 Å². The van der Waals surface area contributed by atoms with E-state index in [1.165, 1.54) is 4.90 Å². The number of pyridine rings is 1. The fourth-order valence-electron chi connectivity index (χ4n) is 3.35. The van der Waals surface area contributed by atoms with E-state index in [0.29, 0.717) is 17.9 Å². The third kappa shape index (κ3) is 2.96. The van der Waals surface area contributed by atoms with Crippen LogP contribution in [-0.4, -0.2) is 54.6 Å². The molecule has 0 aromatic carbocycles. The third-order valence-electron chi connectivity index (χ3n) is 4.90. The normalized spacial score (nSPS) is 19.1. The Morgan fingerprint density at radius 1 is 1.36 bits per heavy atom. The summed E-state index contributed by atoms with van der Waals surface area (Å²) in [5.41, 5.74) is 7.06. The summed E-state index contributed by atoms with van der Waals surface area (Å²) in [6.07, 6.45) is 4.56. The number of anilines is 1. The molecule has 3 aromatic heterocycles. The van der Waals surface area contributed by atoms with Crippen LogP contribution in [0, 0.1) is 11.8 Å². The van der Waals surface area contributed by atoms with E-state index in [9.17, 15) is 9.90 Å². The van der Waals surface area contributed by atoms with Crippen molar-refractivity contribution in [3.63, 3.8) is 0 Å². The van der Waals surface area contributed by atoms with E-state index in [4.69, 9.17) is 5.73 Å². The van der Waals surface area contributed by atoms with Crippen LogP contribution in [0.5, 0.6) is 0 Å². The molecule has 1 atom stereocenters. The van der Waals surface area contributed by atoms with Gasteiger partial charge in [0.1, 0.15) is 11.3 Å². The van der Waals surface area contributed by atoms with Gasteiger partial charge in [0.25, 0.3) is 5.91 Å². The number of likely N-dealkylation sites (tertiary alicyclic amines) is 1. The lowest BCUT2D eigenvalue weighted by Crippen LogP contribution is -2.37. The number of aliphatic hydroxyl groups is 1. The summed E-state index contributed by atoms with van der Waals surface area (Å²) in [6.45, 7) is 2.50. The summed E-state index contributed by atoms with van der Waals surface area (Å²) in [4.78, 5) is 26.4. The van der Waals surface area contributed by atoms with Crippen LogP contribution in [0.2, 0.25) is 0 Å². The lowest BCUT2D eigenvalue weighted by atomic mass is 10.0. The van der Waals surface area contributed by atoms with E-state index in [-0.39, 0.29) is 18.3 Å². The second kappa shape index (κ2) is 6.62. The van der Waals surface area contributed by atoms with Crippen LogP contribution in [0.25, 0.3) is 16.7 Å². The highest BCUT2D eigenvalue weighted by molar-refractivity contribution is 5.90. The molecule has 3 N–H and O–H groups in total. The molecule has 4 heterocycles. The first-order valence-corrected chi connectivity index (χ1v) is 9.02. The standard InChI is InChI=1S/C20H20N6O2/c1-3-16-15-6-10-26(17(15)24-19(21)23-16)14-5-9-22-13(12-14)4-7-20(28)8-11-25(2)18(20)27/h5-6,9-10,12,28H,3,8,11H2,1-2H3,(H2,21,23,24). The molecule has 3 aromatic rings. The molecule has 1 amide bonds. The van der Waals surface area contributed by atoms with Gasteiger partial charge in [-0.25, -0.2) is 9.97 Å². The summed E-state index contributed by atoms with van der Waals surface area (Å²) in [7, 11) is 1.65. The second-order valence-electron chi connectivity index (χ2n) is 6.79. The number of amides is 1. The van der Waals surface area contributed by atoms with Crippen LogP contribution in [0.15, 0.2) is 30.6 Å². The van der Waals surface area contributed by atoms with Crippen LogP contribution in [0.3, 0.4) is 0 Å². The maximum atomic E-state index is 12.1. The minimum atomic E-state index is -1.65.